The molecule has 1 atom stereocenters. The van der Waals surface area contributed by atoms with E-state index >= 15 is 0 Å². The smallest absolute Gasteiger partial charge is 0.408 e. The van der Waals surface area contributed by atoms with Gasteiger partial charge in [-0.3, -0.25) is 0 Å². The second-order valence-corrected chi connectivity index (χ2v) is 11.3. The summed E-state index contributed by atoms with van der Waals surface area (Å²) in [4.78, 5) is 41.3. The van der Waals surface area contributed by atoms with Gasteiger partial charge in [-0.2, -0.15) is 9.98 Å². The SMILES string of the molecule is COC(=O)C(CNC(=O)OC(C)(C)C)[NH+]=C(O)c1ccc(C#Cc2ccc([NH+]=C(O)CNC(=O)OC(C)(C)C)cc2)cc1. The molecule has 0 aromatic heterocycles. The van der Waals surface area contributed by atoms with Crippen molar-refractivity contribution >= 4 is 35.6 Å². The van der Waals surface area contributed by atoms with E-state index in [1.54, 1.807) is 90.1 Å². The summed E-state index contributed by atoms with van der Waals surface area (Å²) in [5, 5.41) is 25.5. The molecule has 0 bridgehead atoms. The van der Waals surface area contributed by atoms with Crippen LogP contribution in [0.5, 0.6) is 0 Å². The summed E-state index contributed by atoms with van der Waals surface area (Å²) in [7, 11) is 1.20. The number of nitrogens with one attached hydrogen (secondary N) is 4. The van der Waals surface area contributed by atoms with Gasteiger partial charge in [0.2, 0.25) is 5.69 Å². The number of carbonyl (C=O) groups excluding carboxylic acids is 3. The topological polar surface area (TPSA) is 171 Å². The van der Waals surface area contributed by atoms with Crippen molar-refractivity contribution in [2.75, 3.05) is 20.2 Å². The van der Waals surface area contributed by atoms with Crippen molar-refractivity contribution in [3.05, 3.63) is 65.2 Å². The number of hydrogen-bond acceptors (Lipinski definition) is 6. The second kappa shape index (κ2) is 15.3. The van der Waals surface area contributed by atoms with E-state index in [1.807, 2.05) is 0 Å². The van der Waals surface area contributed by atoms with Crippen molar-refractivity contribution in [1.82, 2.24) is 10.6 Å². The minimum Gasteiger partial charge on any atom is -0.464 e. The zero-order chi connectivity index (χ0) is 32.2. The molecule has 0 aliphatic rings. The number of aliphatic hydroxyl groups is 2. The van der Waals surface area contributed by atoms with E-state index in [-0.39, 0.29) is 24.9 Å². The summed E-state index contributed by atoms with van der Waals surface area (Å²) in [5.41, 5.74) is 1.05. The van der Waals surface area contributed by atoms with Crippen LogP contribution in [-0.4, -0.2) is 77.6 Å². The van der Waals surface area contributed by atoms with Gasteiger partial charge in [0.1, 0.15) is 17.7 Å². The molecule has 6 N–H and O–H groups in total. The number of ether oxygens (including phenoxy) is 3. The highest BCUT2D eigenvalue weighted by Crippen LogP contribution is 2.08. The highest BCUT2D eigenvalue weighted by molar-refractivity contribution is 5.88. The summed E-state index contributed by atoms with van der Waals surface area (Å²) in [6.07, 6.45) is -1.34. The average Bonchev–Trinajstić information content (AvgIpc) is 2.91. The van der Waals surface area contributed by atoms with Crippen LogP contribution < -0.4 is 20.6 Å². The van der Waals surface area contributed by atoms with E-state index in [0.717, 1.165) is 5.56 Å². The number of aliphatic hydroxyl groups excluding tert-OH is 2. The van der Waals surface area contributed by atoms with Gasteiger partial charge < -0.3 is 35.1 Å². The third kappa shape index (κ3) is 13.4. The predicted molar refractivity (Wildman–Crippen MR) is 159 cm³/mol. The number of alkyl carbamates (subject to hydrolysis) is 2. The molecule has 1 unspecified atom stereocenters. The van der Waals surface area contributed by atoms with Crippen LogP contribution >= 0.6 is 0 Å². The zero-order valence-electron chi connectivity index (χ0n) is 25.5. The molecule has 0 radical (unpaired) electrons. The molecule has 0 saturated heterocycles. The first-order valence-corrected chi connectivity index (χ1v) is 13.4. The Morgan fingerprint density at radius 1 is 0.814 bits per heavy atom. The van der Waals surface area contributed by atoms with Gasteiger partial charge in [-0.05, 0) is 77.9 Å². The summed E-state index contributed by atoms with van der Waals surface area (Å²) >= 11 is 0. The van der Waals surface area contributed by atoms with Crippen molar-refractivity contribution in [2.45, 2.75) is 58.8 Å². The standard InChI is InChI=1S/C31H38N4O8/c1-30(2,3)42-28(39)32-18-24(27(38)41-7)35-26(37)22-14-10-20(11-15-22)8-9-21-12-16-23(17-13-21)34-25(36)19-33-29(40)43-31(4,5)6/h10-17,24H,18-19H2,1-7H3,(H,32,39)(H,33,40)(H,34,36)(H,35,37)/p+2. The number of methoxy groups -OCH3 is 1. The third-order valence-corrected chi connectivity index (χ3v) is 5.13. The Labute approximate surface area is 251 Å². The minimum atomic E-state index is -1.06. The number of rotatable bonds is 8. The average molecular weight is 597 g/mol. The molecule has 2 amide bonds. The first-order valence-electron chi connectivity index (χ1n) is 13.4. The van der Waals surface area contributed by atoms with Gasteiger partial charge >= 0.3 is 30.0 Å². The number of benzene rings is 2. The Kier molecular flexibility index (Phi) is 12.1. The number of carbonyl (C=O) groups is 3. The van der Waals surface area contributed by atoms with Crippen LogP contribution in [0.25, 0.3) is 0 Å². The maximum Gasteiger partial charge on any atom is 0.408 e. The fourth-order valence-corrected chi connectivity index (χ4v) is 3.26. The molecule has 0 aliphatic heterocycles. The summed E-state index contributed by atoms with van der Waals surface area (Å²) in [6.45, 7) is 10.1. The molecule has 230 valence electrons. The van der Waals surface area contributed by atoms with E-state index in [4.69, 9.17) is 14.2 Å². The predicted octanol–water partition coefficient (Wildman–Crippen LogP) is 0.731. The molecule has 0 spiro atoms. The largest absolute Gasteiger partial charge is 0.464 e. The first kappa shape index (κ1) is 34.2. The molecule has 0 heterocycles. The first-order chi connectivity index (χ1) is 20.0. The molecular formula is C31H40N4O8+2. The van der Waals surface area contributed by atoms with E-state index < -0.39 is 35.4 Å². The van der Waals surface area contributed by atoms with Crippen molar-refractivity contribution < 1.29 is 48.8 Å². The Balaban J connectivity index is 2.02. The lowest BCUT2D eigenvalue weighted by Gasteiger charge is -2.19. The molecular weight excluding hydrogens is 556 g/mol. The summed E-state index contributed by atoms with van der Waals surface area (Å²) in [6, 6.07) is 12.6. The van der Waals surface area contributed by atoms with E-state index in [1.165, 1.54) is 7.11 Å². The summed E-state index contributed by atoms with van der Waals surface area (Å²) in [5.74, 6) is 4.93. The highest BCUT2D eigenvalue weighted by Gasteiger charge is 2.27. The lowest BCUT2D eigenvalue weighted by molar-refractivity contribution is -0.495. The Bertz CT molecular complexity index is 1390. The fourth-order valence-electron chi connectivity index (χ4n) is 3.26. The molecule has 2 aromatic rings. The minimum absolute atomic E-state index is 0.124. The van der Waals surface area contributed by atoms with Crippen molar-refractivity contribution in [1.29, 1.82) is 0 Å². The van der Waals surface area contributed by atoms with E-state index in [9.17, 15) is 24.6 Å². The van der Waals surface area contributed by atoms with Crippen LogP contribution in [0.2, 0.25) is 0 Å². The van der Waals surface area contributed by atoms with Crippen LogP contribution in [0.1, 0.15) is 58.2 Å². The van der Waals surface area contributed by atoms with Gasteiger partial charge in [-0.15, -0.1) is 0 Å². The van der Waals surface area contributed by atoms with Gasteiger partial charge in [0.25, 0.3) is 6.04 Å². The van der Waals surface area contributed by atoms with Crippen molar-refractivity contribution in [2.24, 2.45) is 0 Å². The zero-order valence-corrected chi connectivity index (χ0v) is 25.5. The lowest BCUT2D eigenvalue weighted by Crippen LogP contribution is -2.84. The van der Waals surface area contributed by atoms with Gasteiger partial charge in [0.15, 0.2) is 0 Å². The fraction of sp³-hybridized carbons (Fsp3) is 0.387. The van der Waals surface area contributed by atoms with Gasteiger partial charge in [0, 0.05) is 23.3 Å². The van der Waals surface area contributed by atoms with Crippen LogP contribution in [0.15, 0.2) is 48.5 Å². The molecule has 0 aliphatic carbocycles. The Morgan fingerprint density at radius 3 is 1.79 bits per heavy atom. The monoisotopic (exact) mass is 596 g/mol. The molecule has 2 rings (SSSR count). The number of esters is 1. The van der Waals surface area contributed by atoms with Crippen LogP contribution in [0.4, 0.5) is 15.3 Å². The van der Waals surface area contributed by atoms with Crippen LogP contribution in [0, 0.1) is 11.8 Å². The maximum absolute atomic E-state index is 12.2. The van der Waals surface area contributed by atoms with Gasteiger partial charge in [0.05, 0.1) is 19.2 Å². The second-order valence-electron chi connectivity index (χ2n) is 11.3. The molecule has 12 nitrogen and oxygen atoms in total. The molecule has 2 aromatic carbocycles. The van der Waals surface area contributed by atoms with Crippen molar-refractivity contribution in [3.63, 3.8) is 0 Å². The lowest BCUT2D eigenvalue weighted by atomic mass is 10.1. The molecule has 43 heavy (non-hydrogen) atoms. The normalized spacial score (nSPS) is 12.7. The Hall–Kier alpha value is -5.05. The Morgan fingerprint density at radius 2 is 1.30 bits per heavy atom. The summed E-state index contributed by atoms with van der Waals surface area (Å²) < 4.78 is 15.1. The third-order valence-electron chi connectivity index (χ3n) is 5.13. The number of hydrogen-bond donors (Lipinski definition) is 6. The molecule has 0 saturated carbocycles. The highest BCUT2D eigenvalue weighted by atomic mass is 16.6. The quantitative estimate of drug-likeness (QED) is 0.0852. The van der Waals surface area contributed by atoms with Gasteiger partial charge in [-0.25, -0.2) is 14.4 Å². The van der Waals surface area contributed by atoms with E-state index in [0.29, 0.717) is 16.8 Å². The maximum atomic E-state index is 12.2. The van der Waals surface area contributed by atoms with Crippen molar-refractivity contribution in [3.8, 4) is 11.8 Å². The molecule has 0 fully saturated rings. The molecule has 12 heteroatoms. The van der Waals surface area contributed by atoms with E-state index in [2.05, 4.69) is 32.5 Å². The van der Waals surface area contributed by atoms with Crippen LogP contribution in [0.3, 0.4) is 0 Å². The van der Waals surface area contributed by atoms with Crippen LogP contribution in [-0.2, 0) is 19.0 Å². The van der Waals surface area contributed by atoms with Gasteiger partial charge in [-0.1, -0.05) is 11.8 Å². The number of amides is 2.